The number of amides is 1. The number of nitrogens with zero attached hydrogens (tertiary/aromatic N) is 1. The highest BCUT2D eigenvalue weighted by Crippen LogP contribution is 2.21. The van der Waals surface area contributed by atoms with E-state index < -0.39 is 37.6 Å². The molecule has 1 aromatic heterocycles. The maximum absolute atomic E-state index is 12.3. The average Bonchev–Trinajstić information content (AvgIpc) is 3.03. The molecule has 0 unspecified atom stereocenters. The zero-order chi connectivity index (χ0) is 19.7. The van der Waals surface area contributed by atoms with Crippen LogP contribution in [-0.4, -0.2) is 52.5 Å². The fourth-order valence-electron chi connectivity index (χ4n) is 2.71. The zero-order valence-electron chi connectivity index (χ0n) is 14.7. The van der Waals surface area contributed by atoms with E-state index >= 15 is 0 Å². The van der Waals surface area contributed by atoms with Crippen LogP contribution in [0.5, 0.6) is 0 Å². The molecule has 146 valence electrons. The molecule has 1 aromatic carbocycles. The molecule has 1 amide bonds. The molecular weight excluding hydrogens is 392 g/mol. The average molecular weight is 412 g/mol. The third-order valence-electron chi connectivity index (χ3n) is 4.35. The number of hydrogen-bond donors (Lipinski definition) is 1. The van der Waals surface area contributed by atoms with E-state index in [1.807, 2.05) is 0 Å². The van der Waals surface area contributed by atoms with E-state index in [0.717, 1.165) is 5.56 Å². The summed E-state index contributed by atoms with van der Waals surface area (Å²) in [6.45, 7) is 1.46. The fourth-order valence-corrected chi connectivity index (χ4v) is 5.40. The first-order chi connectivity index (χ1) is 12.7. The summed E-state index contributed by atoms with van der Waals surface area (Å²) in [7, 11) is -7.23. The van der Waals surface area contributed by atoms with Gasteiger partial charge in [-0.25, -0.2) is 21.6 Å². The van der Waals surface area contributed by atoms with E-state index in [2.05, 4.69) is 4.72 Å². The fraction of sp³-hybridized carbons (Fsp3) is 0.353. The Balaban J connectivity index is 1.52. The Morgan fingerprint density at radius 3 is 2.56 bits per heavy atom. The number of sulfonamides is 1. The van der Waals surface area contributed by atoms with E-state index in [0.29, 0.717) is 5.76 Å². The van der Waals surface area contributed by atoms with Crippen LogP contribution in [0.1, 0.15) is 11.3 Å². The predicted molar refractivity (Wildman–Crippen MR) is 98.1 cm³/mol. The van der Waals surface area contributed by atoms with Crippen molar-refractivity contribution in [1.82, 2.24) is 9.62 Å². The molecule has 0 saturated carbocycles. The van der Waals surface area contributed by atoms with Gasteiger partial charge < -0.3 is 9.32 Å². The molecule has 1 aliphatic rings. The third kappa shape index (κ3) is 4.57. The highest BCUT2D eigenvalue weighted by molar-refractivity contribution is 7.91. The molecule has 1 N–H and O–H groups in total. The summed E-state index contributed by atoms with van der Waals surface area (Å²) in [6, 6.07) is 9.54. The first kappa shape index (κ1) is 19.6. The summed E-state index contributed by atoms with van der Waals surface area (Å²) >= 11 is 0. The Hall–Kier alpha value is -2.17. The van der Waals surface area contributed by atoms with Crippen molar-refractivity contribution in [1.29, 1.82) is 0 Å². The van der Waals surface area contributed by atoms with Crippen LogP contribution in [0.25, 0.3) is 0 Å². The first-order valence-electron chi connectivity index (χ1n) is 8.25. The molecular formula is C17H20N2O6S2. The number of carbonyl (C=O) groups excluding carboxylic acids is 1. The Morgan fingerprint density at radius 1 is 1.19 bits per heavy atom. The second-order valence-electron chi connectivity index (χ2n) is 6.45. The zero-order valence-corrected chi connectivity index (χ0v) is 16.3. The van der Waals surface area contributed by atoms with Gasteiger partial charge in [-0.1, -0.05) is 12.1 Å². The molecule has 8 nitrogen and oxygen atoms in total. The van der Waals surface area contributed by atoms with Crippen LogP contribution in [0.2, 0.25) is 0 Å². The number of hydrogen-bond acceptors (Lipinski definition) is 6. The van der Waals surface area contributed by atoms with Crippen molar-refractivity contribution in [2.75, 3.05) is 19.6 Å². The summed E-state index contributed by atoms with van der Waals surface area (Å²) in [4.78, 5) is 13.5. The normalized spacial score (nSPS) is 15.5. The van der Waals surface area contributed by atoms with Crippen molar-refractivity contribution >= 4 is 25.8 Å². The highest BCUT2D eigenvalue weighted by atomic mass is 32.2. The van der Waals surface area contributed by atoms with E-state index in [4.69, 9.17) is 4.42 Å². The van der Waals surface area contributed by atoms with Gasteiger partial charge in [0.05, 0.1) is 23.0 Å². The van der Waals surface area contributed by atoms with Crippen molar-refractivity contribution in [2.45, 2.75) is 22.8 Å². The number of aryl methyl sites for hydroxylation is 1. The number of benzene rings is 1. The minimum Gasteiger partial charge on any atom is -0.468 e. The van der Waals surface area contributed by atoms with Crippen molar-refractivity contribution in [2.24, 2.45) is 0 Å². The first-order valence-corrected chi connectivity index (χ1v) is 11.5. The molecule has 1 saturated heterocycles. The number of likely N-dealkylation sites (tertiary alicyclic amines) is 1. The smallest absolute Gasteiger partial charge is 0.241 e. The SMILES string of the molecule is Cc1cccc(S(=O)(=O)NCC(=O)N2CC(S(=O)(=O)Cc3ccco3)C2)c1. The lowest BCUT2D eigenvalue weighted by atomic mass is 10.2. The maximum Gasteiger partial charge on any atom is 0.241 e. The van der Waals surface area contributed by atoms with Crippen LogP contribution >= 0.6 is 0 Å². The topological polar surface area (TPSA) is 114 Å². The van der Waals surface area contributed by atoms with Crippen LogP contribution in [-0.2, 0) is 30.4 Å². The van der Waals surface area contributed by atoms with Crippen LogP contribution in [0, 0.1) is 6.92 Å². The van der Waals surface area contributed by atoms with Crippen molar-refractivity contribution in [3.05, 3.63) is 54.0 Å². The van der Waals surface area contributed by atoms with Crippen LogP contribution < -0.4 is 4.72 Å². The number of sulfone groups is 1. The van der Waals surface area contributed by atoms with Gasteiger partial charge in [0.2, 0.25) is 15.9 Å². The summed E-state index contributed by atoms with van der Waals surface area (Å²) in [6.07, 6.45) is 1.40. The predicted octanol–water partition coefficient (Wildman–Crippen LogP) is 0.692. The van der Waals surface area contributed by atoms with Gasteiger partial charge in [-0.05, 0) is 36.8 Å². The summed E-state index contributed by atoms with van der Waals surface area (Å²) in [5.74, 6) is -0.325. The number of rotatable bonds is 7. The van der Waals surface area contributed by atoms with E-state index in [1.165, 1.54) is 23.3 Å². The molecule has 1 aliphatic heterocycles. The van der Waals surface area contributed by atoms with Gasteiger partial charge in [-0.3, -0.25) is 4.79 Å². The number of furan rings is 1. The molecule has 10 heteroatoms. The van der Waals surface area contributed by atoms with Gasteiger partial charge in [-0.2, -0.15) is 0 Å². The van der Waals surface area contributed by atoms with Gasteiger partial charge >= 0.3 is 0 Å². The lowest BCUT2D eigenvalue weighted by molar-refractivity contribution is -0.133. The van der Waals surface area contributed by atoms with Gasteiger partial charge in [0.25, 0.3) is 0 Å². The Bertz CT molecular complexity index is 1020. The summed E-state index contributed by atoms with van der Waals surface area (Å²) in [5.41, 5.74) is 0.788. The van der Waals surface area contributed by atoms with E-state index in [9.17, 15) is 21.6 Å². The third-order valence-corrected chi connectivity index (χ3v) is 7.75. The van der Waals surface area contributed by atoms with Gasteiger partial charge in [0.1, 0.15) is 11.5 Å². The van der Waals surface area contributed by atoms with E-state index in [-0.39, 0.29) is 23.7 Å². The monoisotopic (exact) mass is 412 g/mol. The molecule has 0 radical (unpaired) electrons. The summed E-state index contributed by atoms with van der Waals surface area (Å²) < 4.78 is 56.3. The summed E-state index contributed by atoms with van der Waals surface area (Å²) in [5, 5.41) is -0.667. The molecule has 2 heterocycles. The van der Waals surface area contributed by atoms with Crippen LogP contribution in [0.4, 0.5) is 0 Å². The molecule has 0 spiro atoms. The van der Waals surface area contributed by atoms with Crippen LogP contribution in [0.15, 0.2) is 52.0 Å². The maximum atomic E-state index is 12.3. The van der Waals surface area contributed by atoms with Crippen molar-refractivity contribution < 1.29 is 26.0 Å². The van der Waals surface area contributed by atoms with E-state index in [1.54, 1.807) is 31.2 Å². The minimum atomic E-state index is -3.80. The molecule has 0 bridgehead atoms. The number of nitrogens with one attached hydrogen (secondary N) is 1. The molecule has 0 aliphatic carbocycles. The van der Waals surface area contributed by atoms with Gasteiger partial charge in [0.15, 0.2) is 9.84 Å². The van der Waals surface area contributed by atoms with Crippen molar-refractivity contribution in [3.63, 3.8) is 0 Å². The van der Waals surface area contributed by atoms with Gasteiger partial charge in [0, 0.05) is 13.1 Å². The Labute approximate surface area is 158 Å². The minimum absolute atomic E-state index is 0.0497. The second-order valence-corrected chi connectivity index (χ2v) is 10.5. The Morgan fingerprint density at radius 2 is 1.93 bits per heavy atom. The van der Waals surface area contributed by atoms with Crippen molar-refractivity contribution in [3.8, 4) is 0 Å². The molecule has 0 atom stereocenters. The number of carbonyl (C=O) groups is 1. The molecule has 27 heavy (non-hydrogen) atoms. The highest BCUT2D eigenvalue weighted by Gasteiger charge is 2.40. The lowest BCUT2D eigenvalue weighted by Gasteiger charge is -2.38. The molecule has 1 fully saturated rings. The second kappa shape index (κ2) is 7.45. The molecule has 2 aromatic rings. The largest absolute Gasteiger partial charge is 0.468 e. The lowest BCUT2D eigenvalue weighted by Crippen LogP contribution is -2.58. The van der Waals surface area contributed by atoms with Crippen LogP contribution in [0.3, 0.4) is 0 Å². The quantitative estimate of drug-likeness (QED) is 0.716. The molecule has 3 rings (SSSR count). The van der Waals surface area contributed by atoms with Gasteiger partial charge in [-0.15, -0.1) is 0 Å². The Kier molecular flexibility index (Phi) is 5.41. The standard InChI is InChI=1S/C17H20N2O6S2/c1-13-4-2-6-15(8-13)27(23,24)18-9-17(20)19-10-16(11-19)26(21,22)12-14-5-3-7-25-14/h2-8,16,18H,9-12H2,1H3.